The summed E-state index contributed by atoms with van der Waals surface area (Å²) in [6.07, 6.45) is 15.6. The van der Waals surface area contributed by atoms with Crippen LogP contribution in [0.1, 0.15) is 43.4 Å². The van der Waals surface area contributed by atoms with Crippen molar-refractivity contribution in [2.75, 3.05) is 26.3 Å². The third-order valence-electron chi connectivity index (χ3n) is 7.48. The van der Waals surface area contributed by atoms with E-state index in [1.54, 1.807) is 0 Å². The van der Waals surface area contributed by atoms with Crippen molar-refractivity contribution < 1.29 is 0 Å². The Morgan fingerprint density at radius 2 is 2.17 bits per heavy atom. The Labute approximate surface area is 179 Å². The second kappa shape index (κ2) is 7.81. The lowest BCUT2D eigenvalue weighted by Crippen LogP contribution is -2.41. The predicted octanol–water partition coefficient (Wildman–Crippen LogP) is 4.13. The van der Waals surface area contributed by atoms with Crippen LogP contribution in [0.15, 0.2) is 53.5 Å². The van der Waals surface area contributed by atoms with Crippen LogP contribution in [0, 0.1) is 17.3 Å². The number of aryl methyl sites for hydroxylation is 1. The van der Waals surface area contributed by atoms with Crippen LogP contribution in [0.3, 0.4) is 0 Å². The average molecular weight is 411 g/mol. The molecule has 2 N–H and O–H groups in total. The molecule has 4 nitrogen and oxygen atoms in total. The first-order valence-corrected chi connectivity index (χ1v) is 11.4. The number of fused-ring (bicyclic) bond motifs is 2. The summed E-state index contributed by atoms with van der Waals surface area (Å²) in [4.78, 5) is 7.54. The van der Waals surface area contributed by atoms with Crippen molar-refractivity contribution in [3.05, 3.63) is 64.7 Å². The van der Waals surface area contributed by atoms with E-state index in [9.17, 15) is 0 Å². The maximum atomic E-state index is 6.46. The zero-order valence-corrected chi connectivity index (χ0v) is 18.0. The maximum absolute atomic E-state index is 6.46. The fourth-order valence-corrected chi connectivity index (χ4v) is 6.22. The Kier molecular flexibility index (Phi) is 5.17. The highest BCUT2D eigenvalue weighted by atomic mass is 35.5. The van der Waals surface area contributed by atoms with E-state index in [-0.39, 0.29) is 5.41 Å². The van der Waals surface area contributed by atoms with Gasteiger partial charge in [-0.25, -0.2) is 0 Å². The highest BCUT2D eigenvalue weighted by Gasteiger charge is 2.45. The number of aromatic nitrogens is 1. The monoisotopic (exact) mass is 410 g/mol. The number of hydrogen-bond donors (Lipinski definition) is 2. The molecule has 154 valence electrons. The third-order valence-corrected chi connectivity index (χ3v) is 7.72. The van der Waals surface area contributed by atoms with Gasteiger partial charge in [0.05, 0.1) is 6.67 Å². The van der Waals surface area contributed by atoms with Gasteiger partial charge in [-0.3, -0.25) is 9.88 Å². The fourth-order valence-electron chi connectivity index (χ4n) is 5.90. The van der Waals surface area contributed by atoms with E-state index in [0.717, 1.165) is 44.2 Å². The fraction of sp³-hybridized carbons (Fsp3) is 0.542. The molecule has 3 unspecified atom stereocenters. The van der Waals surface area contributed by atoms with Gasteiger partial charge in [0.15, 0.2) is 0 Å². The molecule has 1 aromatic heterocycles. The molecule has 5 rings (SSSR count). The van der Waals surface area contributed by atoms with Crippen molar-refractivity contribution in [1.82, 2.24) is 20.5 Å². The van der Waals surface area contributed by atoms with E-state index >= 15 is 0 Å². The molecule has 1 fully saturated rings. The molecule has 5 heteroatoms. The minimum absolute atomic E-state index is 0.110. The Hall–Kier alpha value is -1.78. The summed E-state index contributed by atoms with van der Waals surface area (Å²) in [6.45, 7) is 6.61. The average Bonchev–Trinajstić information content (AvgIpc) is 3.19. The number of hydrogen-bond acceptors (Lipinski definition) is 4. The molecule has 0 saturated carbocycles. The summed E-state index contributed by atoms with van der Waals surface area (Å²) >= 11 is 6.46. The van der Waals surface area contributed by atoms with Crippen molar-refractivity contribution >= 4 is 11.6 Å². The number of halogens is 1. The molecule has 0 spiro atoms. The molecular formula is C24H31ClN4. The molecule has 1 aromatic rings. The van der Waals surface area contributed by atoms with Gasteiger partial charge in [0.2, 0.25) is 0 Å². The second-order valence-electron chi connectivity index (χ2n) is 9.33. The molecule has 2 aliphatic heterocycles. The first-order valence-electron chi connectivity index (χ1n) is 11.0. The van der Waals surface area contributed by atoms with Crippen LogP contribution < -0.4 is 10.6 Å². The van der Waals surface area contributed by atoms with Crippen molar-refractivity contribution in [3.8, 4) is 0 Å². The maximum Gasteiger partial charge on any atom is 0.0843 e. The van der Waals surface area contributed by atoms with E-state index in [4.69, 9.17) is 16.6 Å². The molecule has 0 aromatic carbocycles. The van der Waals surface area contributed by atoms with Crippen LogP contribution in [-0.2, 0) is 6.42 Å². The number of nitrogens with zero attached hydrogens (tertiary/aromatic N) is 2. The Balaban J connectivity index is 1.40. The molecule has 3 heterocycles. The minimum atomic E-state index is 0.110. The van der Waals surface area contributed by atoms with Crippen LogP contribution in [0.5, 0.6) is 0 Å². The summed E-state index contributed by atoms with van der Waals surface area (Å²) in [5.74, 6) is 1.62. The van der Waals surface area contributed by atoms with Gasteiger partial charge >= 0.3 is 0 Å². The number of rotatable bonds is 3. The smallest absolute Gasteiger partial charge is 0.0843 e. The highest BCUT2D eigenvalue weighted by molar-refractivity contribution is 6.31. The van der Waals surface area contributed by atoms with Crippen molar-refractivity contribution in [2.45, 2.75) is 38.5 Å². The standard InChI is InChI=1S/C24H31ClN4/c1-24-9-6-18-3-2-10-27-23(18)22(21(24)5-4-19(25)13-24)17-7-11-29(12-8-17)15-20-14-26-16-28-20/h2-5,10,13-14,17,21-22,26,28H,6-9,11-12,15-16H2,1H3. The Morgan fingerprint density at radius 1 is 1.31 bits per heavy atom. The van der Waals surface area contributed by atoms with Crippen LogP contribution >= 0.6 is 11.6 Å². The lowest BCUT2D eigenvalue weighted by atomic mass is 9.62. The van der Waals surface area contributed by atoms with Gasteiger partial charge in [-0.2, -0.15) is 0 Å². The van der Waals surface area contributed by atoms with Gasteiger partial charge in [0.1, 0.15) is 0 Å². The van der Waals surface area contributed by atoms with Gasteiger partial charge in [-0.15, -0.1) is 0 Å². The SMILES string of the molecule is CC12C=C(Cl)C=CC1C(C1CCN(CC3=CNCN3)CC1)c1ncccc1CC2. The van der Waals surface area contributed by atoms with E-state index in [1.165, 1.54) is 29.8 Å². The first kappa shape index (κ1) is 19.2. The molecule has 0 amide bonds. The Morgan fingerprint density at radius 3 is 2.97 bits per heavy atom. The predicted molar refractivity (Wildman–Crippen MR) is 118 cm³/mol. The summed E-state index contributed by atoms with van der Waals surface area (Å²) in [5.41, 5.74) is 4.21. The number of likely N-dealkylation sites (tertiary alicyclic amines) is 1. The van der Waals surface area contributed by atoms with Gasteiger partial charge in [0.25, 0.3) is 0 Å². The second-order valence-corrected chi connectivity index (χ2v) is 9.77. The van der Waals surface area contributed by atoms with E-state index < -0.39 is 0 Å². The van der Waals surface area contributed by atoms with Gasteiger partial charge in [-0.1, -0.05) is 36.7 Å². The quantitative estimate of drug-likeness (QED) is 0.786. The molecule has 3 atom stereocenters. The van der Waals surface area contributed by atoms with Crippen LogP contribution in [0.25, 0.3) is 0 Å². The molecule has 4 aliphatic rings. The molecular weight excluding hydrogens is 380 g/mol. The lowest BCUT2D eigenvalue weighted by molar-refractivity contribution is 0.134. The molecule has 0 bridgehead atoms. The summed E-state index contributed by atoms with van der Waals surface area (Å²) < 4.78 is 0. The van der Waals surface area contributed by atoms with E-state index in [1.807, 2.05) is 6.20 Å². The summed E-state index contributed by atoms with van der Waals surface area (Å²) in [7, 11) is 0. The topological polar surface area (TPSA) is 40.2 Å². The lowest BCUT2D eigenvalue weighted by Gasteiger charge is -2.44. The normalized spacial score (nSPS) is 32.3. The first-order chi connectivity index (χ1) is 14.1. The highest BCUT2D eigenvalue weighted by Crippen LogP contribution is 2.53. The van der Waals surface area contributed by atoms with Crippen LogP contribution in [-0.4, -0.2) is 36.2 Å². The van der Waals surface area contributed by atoms with Gasteiger partial charge in [0, 0.05) is 41.3 Å². The number of piperidine rings is 1. The molecule has 2 aliphatic carbocycles. The number of allylic oxidation sites excluding steroid dienone is 4. The zero-order valence-electron chi connectivity index (χ0n) is 17.2. The minimum Gasteiger partial charge on any atom is -0.372 e. The third kappa shape index (κ3) is 3.73. The van der Waals surface area contributed by atoms with Crippen molar-refractivity contribution in [2.24, 2.45) is 17.3 Å². The molecule has 1 saturated heterocycles. The van der Waals surface area contributed by atoms with Crippen LogP contribution in [0.4, 0.5) is 0 Å². The van der Waals surface area contributed by atoms with Crippen LogP contribution in [0.2, 0.25) is 0 Å². The largest absolute Gasteiger partial charge is 0.372 e. The van der Waals surface area contributed by atoms with Gasteiger partial charge in [-0.05, 0) is 73.7 Å². The van der Waals surface area contributed by atoms with E-state index in [2.05, 4.69) is 59.0 Å². The number of pyridine rings is 1. The summed E-state index contributed by atoms with van der Waals surface area (Å²) in [6, 6.07) is 4.40. The van der Waals surface area contributed by atoms with E-state index in [0.29, 0.717) is 17.8 Å². The number of nitrogens with one attached hydrogen (secondary N) is 2. The van der Waals surface area contributed by atoms with Gasteiger partial charge < -0.3 is 10.6 Å². The molecule has 0 radical (unpaired) electrons. The summed E-state index contributed by atoms with van der Waals surface area (Å²) in [5, 5.41) is 7.55. The Bertz CT molecular complexity index is 852. The van der Waals surface area contributed by atoms with Crippen molar-refractivity contribution in [3.63, 3.8) is 0 Å². The molecule has 29 heavy (non-hydrogen) atoms. The van der Waals surface area contributed by atoms with Crippen molar-refractivity contribution in [1.29, 1.82) is 0 Å². The zero-order chi connectivity index (χ0) is 19.8.